The van der Waals surface area contributed by atoms with Crippen LogP contribution in [0.3, 0.4) is 0 Å². The van der Waals surface area contributed by atoms with Crippen LogP contribution in [0.2, 0.25) is 0 Å². The summed E-state index contributed by atoms with van der Waals surface area (Å²) in [5.74, 6) is 0. The fraction of sp³-hybridized carbons (Fsp3) is 0.100. The Morgan fingerprint density at radius 2 is 2.13 bits per heavy atom. The number of aromatic nitrogens is 2. The van der Waals surface area contributed by atoms with Crippen molar-refractivity contribution in [1.82, 2.24) is 9.55 Å². The number of hydrogen-bond donors (Lipinski definition) is 0. The first-order valence-corrected chi connectivity index (χ1v) is 4.14. The molecule has 0 aliphatic rings. The first-order valence-electron chi connectivity index (χ1n) is 4.14. The number of hydrogen-bond acceptors (Lipinski definition) is 1. The summed E-state index contributed by atoms with van der Waals surface area (Å²) in [6, 6.07) is 5.97. The summed E-state index contributed by atoms with van der Waals surface area (Å²) in [6.45, 7) is 0. The lowest BCUT2D eigenvalue weighted by atomic mass is 10.2. The first-order chi connectivity index (χ1) is 7.07. The summed E-state index contributed by atoms with van der Waals surface area (Å²) in [5.41, 5.74) is -0.368. The summed E-state index contributed by atoms with van der Waals surface area (Å²) in [5, 5.41) is 0. The number of rotatable bonds is 1. The Labute approximate surface area is 84.0 Å². The van der Waals surface area contributed by atoms with E-state index in [1.54, 1.807) is 6.20 Å². The molecule has 2 nitrogen and oxygen atoms in total. The highest BCUT2D eigenvalue weighted by atomic mass is 19.4. The van der Waals surface area contributed by atoms with Crippen molar-refractivity contribution in [2.24, 2.45) is 0 Å². The van der Waals surface area contributed by atoms with Crippen molar-refractivity contribution < 1.29 is 13.2 Å². The van der Waals surface area contributed by atoms with Crippen LogP contribution in [-0.4, -0.2) is 9.55 Å². The van der Waals surface area contributed by atoms with Gasteiger partial charge in [0.05, 0.1) is 11.9 Å². The maximum absolute atomic E-state index is 12.4. The van der Waals surface area contributed by atoms with E-state index in [9.17, 15) is 13.2 Å². The minimum absolute atomic E-state index is 0.415. The first kappa shape index (κ1) is 9.76. The van der Waals surface area contributed by atoms with E-state index in [-0.39, 0.29) is 0 Å². The van der Waals surface area contributed by atoms with E-state index in [1.165, 1.54) is 29.2 Å². The molecule has 0 unspecified atom stereocenters. The maximum atomic E-state index is 12.4. The molecule has 0 saturated carbocycles. The van der Waals surface area contributed by atoms with Crippen molar-refractivity contribution in [1.29, 1.82) is 0 Å². The average Bonchev–Trinajstić information content (AvgIpc) is 2.69. The topological polar surface area (TPSA) is 17.8 Å². The lowest BCUT2D eigenvalue weighted by Crippen LogP contribution is -2.05. The maximum Gasteiger partial charge on any atom is 0.417 e. The normalized spacial score (nSPS) is 11.7. The molecule has 0 atom stereocenters. The van der Waals surface area contributed by atoms with Crippen molar-refractivity contribution in [3.8, 4) is 5.69 Å². The van der Waals surface area contributed by atoms with E-state index in [4.69, 9.17) is 0 Å². The molecule has 15 heavy (non-hydrogen) atoms. The highest BCUT2D eigenvalue weighted by Gasteiger charge is 2.30. The van der Waals surface area contributed by atoms with E-state index < -0.39 is 11.7 Å². The molecule has 0 aliphatic carbocycles. The molecule has 1 aromatic carbocycles. The van der Waals surface area contributed by atoms with Crippen molar-refractivity contribution in [3.05, 3.63) is 48.5 Å². The third-order valence-corrected chi connectivity index (χ3v) is 1.89. The van der Waals surface area contributed by atoms with E-state index in [0.29, 0.717) is 5.69 Å². The van der Waals surface area contributed by atoms with Crippen molar-refractivity contribution in [2.45, 2.75) is 6.18 Å². The molecule has 1 heterocycles. The van der Waals surface area contributed by atoms with E-state index in [2.05, 4.69) is 11.1 Å². The highest BCUT2D eigenvalue weighted by molar-refractivity contribution is 5.36. The quantitative estimate of drug-likeness (QED) is 0.709. The second-order valence-corrected chi connectivity index (χ2v) is 2.93. The molecule has 5 heteroatoms. The number of benzene rings is 1. The van der Waals surface area contributed by atoms with E-state index >= 15 is 0 Å². The van der Waals surface area contributed by atoms with Gasteiger partial charge < -0.3 is 4.57 Å². The second-order valence-electron chi connectivity index (χ2n) is 2.93. The van der Waals surface area contributed by atoms with E-state index in [0.717, 1.165) is 6.07 Å². The molecule has 0 aliphatic heterocycles. The van der Waals surface area contributed by atoms with Gasteiger partial charge >= 0.3 is 6.18 Å². The van der Waals surface area contributed by atoms with Crippen LogP contribution in [0.4, 0.5) is 13.2 Å². The van der Waals surface area contributed by atoms with Gasteiger partial charge in [-0.25, -0.2) is 4.98 Å². The molecule has 2 aromatic rings. The summed E-state index contributed by atoms with van der Waals surface area (Å²) in [7, 11) is 0. The lowest BCUT2D eigenvalue weighted by molar-refractivity contribution is -0.137. The molecule has 0 fully saturated rings. The van der Waals surface area contributed by atoms with Crippen molar-refractivity contribution in [2.75, 3.05) is 0 Å². The SMILES string of the molecule is FC(F)(F)c1[c]ccc(-n2ccnc2)c1. The molecule has 0 saturated heterocycles. The zero-order valence-corrected chi connectivity index (χ0v) is 7.49. The second kappa shape index (κ2) is 3.42. The Bertz CT molecular complexity index is 446. The fourth-order valence-electron chi connectivity index (χ4n) is 1.19. The smallest absolute Gasteiger partial charge is 0.306 e. The molecule has 0 spiro atoms. The summed E-state index contributed by atoms with van der Waals surface area (Å²) in [4.78, 5) is 3.76. The molecule has 0 bridgehead atoms. The van der Waals surface area contributed by atoms with Crippen LogP contribution in [0.5, 0.6) is 0 Å². The molecule has 1 aromatic heterocycles. The van der Waals surface area contributed by atoms with Gasteiger partial charge in [-0.1, -0.05) is 6.07 Å². The van der Waals surface area contributed by atoms with Crippen molar-refractivity contribution in [3.63, 3.8) is 0 Å². The van der Waals surface area contributed by atoms with Gasteiger partial charge in [-0.3, -0.25) is 0 Å². The third-order valence-electron chi connectivity index (χ3n) is 1.89. The molecular formula is C10H6F3N2. The van der Waals surface area contributed by atoms with Crippen LogP contribution in [-0.2, 0) is 6.18 Å². The third kappa shape index (κ3) is 2.01. The standard InChI is InChI=1S/C10H6F3N2/c11-10(12,13)8-2-1-3-9(6-8)15-5-4-14-7-15/h1,3-7H. The van der Waals surface area contributed by atoms with Gasteiger partial charge in [0.15, 0.2) is 0 Å². The van der Waals surface area contributed by atoms with Crippen LogP contribution in [0.1, 0.15) is 5.56 Å². The fourth-order valence-corrected chi connectivity index (χ4v) is 1.19. The van der Waals surface area contributed by atoms with Gasteiger partial charge in [-0.2, -0.15) is 13.2 Å². The van der Waals surface area contributed by atoms with Crippen molar-refractivity contribution >= 4 is 0 Å². The van der Waals surface area contributed by atoms with Gasteiger partial charge in [0.2, 0.25) is 0 Å². The molecule has 1 radical (unpaired) electrons. The van der Waals surface area contributed by atoms with E-state index in [1.807, 2.05) is 0 Å². The molecule has 77 valence electrons. The van der Waals surface area contributed by atoms with Crippen LogP contribution in [0.15, 0.2) is 36.9 Å². The number of alkyl halides is 3. The van der Waals surface area contributed by atoms with Crippen LogP contribution in [0, 0.1) is 6.07 Å². The molecule has 0 N–H and O–H groups in total. The van der Waals surface area contributed by atoms with Gasteiger partial charge in [0, 0.05) is 18.1 Å². The summed E-state index contributed by atoms with van der Waals surface area (Å²) >= 11 is 0. The van der Waals surface area contributed by atoms with Crippen LogP contribution >= 0.6 is 0 Å². The zero-order chi connectivity index (χ0) is 10.9. The monoisotopic (exact) mass is 211 g/mol. The summed E-state index contributed by atoms with van der Waals surface area (Å²) < 4.78 is 38.6. The van der Waals surface area contributed by atoms with Gasteiger partial charge in [0.1, 0.15) is 0 Å². The van der Waals surface area contributed by atoms with Gasteiger partial charge in [-0.05, 0) is 18.2 Å². The molecular weight excluding hydrogens is 205 g/mol. The average molecular weight is 211 g/mol. The minimum Gasteiger partial charge on any atom is -0.306 e. The predicted molar refractivity (Wildman–Crippen MR) is 47.4 cm³/mol. The Morgan fingerprint density at radius 3 is 2.73 bits per heavy atom. The summed E-state index contributed by atoms with van der Waals surface area (Å²) in [6.07, 6.45) is 0.158. The van der Waals surface area contributed by atoms with Crippen LogP contribution in [0.25, 0.3) is 5.69 Å². The Balaban J connectivity index is 2.44. The highest BCUT2D eigenvalue weighted by Crippen LogP contribution is 2.29. The van der Waals surface area contributed by atoms with Gasteiger partial charge in [-0.15, -0.1) is 0 Å². The Hall–Kier alpha value is -1.78. The van der Waals surface area contributed by atoms with Gasteiger partial charge in [0.25, 0.3) is 0 Å². The minimum atomic E-state index is -4.36. The lowest BCUT2D eigenvalue weighted by Gasteiger charge is -2.08. The van der Waals surface area contributed by atoms with Crippen LogP contribution < -0.4 is 0 Å². The molecule has 0 amide bonds. The molecule has 2 rings (SSSR count). The Morgan fingerprint density at radius 1 is 1.33 bits per heavy atom. The number of imidazole rings is 1. The Kier molecular flexibility index (Phi) is 2.22. The largest absolute Gasteiger partial charge is 0.417 e. The zero-order valence-electron chi connectivity index (χ0n) is 7.49. The number of halogens is 3. The predicted octanol–water partition coefficient (Wildman–Crippen LogP) is 2.69. The number of nitrogens with zero attached hydrogens (tertiary/aromatic N) is 2.